The van der Waals surface area contributed by atoms with Gasteiger partial charge in [-0.2, -0.15) is 0 Å². The first kappa shape index (κ1) is 22.8. The molecule has 1 aromatic rings. The molecule has 0 aliphatic carbocycles. The zero-order chi connectivity index (χ0) is 21.2. The van der Waals surface area contributed by atoms with Crippen LogP contribution in [0.3, 0.4) is 0 Å². The van der Waals surface area contributed by atoms with E-state index in [1.54, 1.807) is 13.0 Å². The summed E-state index contributed by atoms with van der Waals surface area (Å²) in [6.45, 7) is 4.31. The summed E-state index contributed by atoms with van der Waals surface area (Å²) in [5.74, 6) is -1.41. The molecule has 2 rings (SSSR count). The number of carbonyl (C=O) groups is 1. The Kier molecular flexibility index (Phi) is 9.06. The van der Waals surface area contributed by atoms with Crippen LogP contribution in [0.25, 0.3) is 0 Å². The van der Waals surface area contributed by atoms with E-state index >= 15 is 0 Å². The largest absolute Gasteiger partial charge is 0.507 e. The summed E-state index contributed by atoms with van der Waals surface area (Å²) in [6.07, 6.45) is 11.6. The number of oxime groups is 1. The highest BCUT2D eigenvalue weighted by molar-refractivity contribution is 6.33. The van der Waals surface area contributed by atoms with Gasteiger partial charge in [-0.25, -0.2) is 4.79 Å². The maximum absolute atomic E-state index is 12.7. The molecule has 0 bridgehead atoms. The highest BCUT2D eigenvalue weighted by Gasteiger charge is 2.25. The molecule has 29 heavy (non-hydrogen) atoms. The van der Waals surface area contributed by atoms with Crippen LogP contribution in [0.5, 0.6) is 11.5 Å². The van der Waals surface area contributed by atoms with E-state index in [-0.39, 0.29) is 34.4 Å². The molecule has 0 aromatic heterocycles. The lowest BCUT2D eigenvalue weighted by Crippen LogP contribution is -2.17. The second-order valence-corrected chi connectivity index (χ2v) is 7.31. The van der Waals surface area contributed by atoms with Crippen LogP contribution in [0.15, 0.2) is 35.5 Å². The Balaban J connectivity index is 2.47. The Morgan fingerprint density at radius 3 is 2.76 bits per heavy atom. The standard InChI is InChI=1S/C22H28ClNO5/c1-3-4-12-28-24-16-11-9-7-5-6-8-10-15(2)29-22(27)20-17(13-16)21(23)19(26)14-18(20)25/h6,8-9,11,14-15,25-26H,3-5,7,10,12-13H2,1-2H3/b8-6+,11-9+,24-16-/t15-/m1/s1. The average Bonchev–Trinajstić information content (AvgIpc) is 2.67. The number of rotatable bonds is 4. The lowest BCUT2D eigenvalue weighted by atomic mass is 9.99. The lowest BCUT2D eigenvalue weighted by Gasteiger charge is -2.17. The predicted molar refractivity (Wildman–Crippen MR) is 114 cm³/mol. The van der Waals surface area contributed by atoms with Gasteiger partial charge in [0.1, 0.15) is 29.8 Å². The second-order valence-electron chi connectivity index (χ2n) is 6.93. The molecular weight excluding hydrogens is 394 g/mol. The van der Waals surface area contributed by atoms with Gasteiger partial charge < -0.3 is 19.8 Å². The van der Waals surface area contributed by atoms with Crippen LogP contribution in [0.1, 0.15) is 61.9 Å². The van der Waals surface area contributed by atoms with Crippen LogP contribution in [0, 0.1) is 0 Å². The Labute approximate surface area is 176 Å². The third kappa shape index (κ3) is 6.82. The summed E-state index contributed by atoms with van der Waals surface area (Å²) < 4.78 is 5.47. The Bertz CT molecular complexity index is 801. The predicted octanol–water partition coefficient (Wildman–Crippen LogP) is 5.31. The number of nitrogens with zero attached hydrogens (tertiary/aromatic N) is 1. The number of fused-ring (bicyclic) bond motifs is 1. The molecule has 1 atom stereocenters. The summed E-state index contributed by atoms with van der Waals surface area (Å²) >= 11 is 6.29. The molecule has 1 aliphatic rings. The van der Waals surface area contributed by atoms with Gasteiger partial charge in [-0.15, -0.1) is 0 Å². The maximum atomic E-state index is 12.7. The average molecular weight is 422 g/mol. The fourth-order valence-corrected chi connectivity index (χ4v) is 3.04. The molecule has 1 aromatic carbocycles. The van der Waals surface area contributed by atoms with E-state index in [1.165, 1.54) is 0 Å². The van der Waals surface area contributed by atoms with Gasteiger partial charge in [0, 0.05) is 18.9 Å². The molecule has 0 unspecified atom stereocenters. The van der Waals surface area contributed by atoms with Crippen molar-refractivity contribution in [3.05, 3.63) is 46.5 Å². The van der Waals surface area contributed by atoms with Crippen molar-refractivity contribution < 1.29 is 24.6 Å². The van der Waals surface area contributed by atoms with E-state index in [2.05, 4.69) is 12.1 Å². The molecule has 0 saturated heterocycles. The number of unbranched alkanes of at least 4 members (excludes halogenated alkanes) is 1. The lowest BCUT2D eigenvalue weighted by molar-refractivity contribution is 0.0343. The van der Waals surface area contributed by atoms with E-state index in [1.807, 2.05) is 18.2 Å². The molecule has 1 heterocycles. The van der Waals surface area contributed by atoms with Gasteiger partial charge in [-0.05, 0) is 37.8 Å². The summed E-state index contributed by atoms with van der Waals surface area (Å²) in [4.78, 5) is 18.1. The van der Waals surface area contributed by atoms with E-state index in [0.29, 0.717) is 18.7 Å². The molecule has 0 spiro atoms. The van der Waals surface area contributed by atoms with Crippen molar-refractivity contribution >= 4 is 23.3 Å². The van der Waals surface area contributed by atoms with Crippen molar-refractivity contribution in [1.82, 2.24) is 0 Å². The Hall–Kier alpha value is -2.47. The molecule has 0 amide bonds. The normalized spacial score (nSPS) is 21.7. The van der Waals surface area contributed by atoms with Gasteiger partial charge >= 0.3 is 5.97 Å². The summed E-state index contributed by atoms with van der Waals surface area (Å²) in [7, 11) is 0. The first-order valence-electron chi connectivity index (χ1n) is 9.88. The van der Waals surface area contributed by atoms with Crippen LogP contribution in [0.2, 0.25) is 5.02 Å². The smallest absolute Gasteiger partial charge is 0.342 e. The number of cyclic esters (lactones) is 1. The van der Waals surface area contributed by atoms with Gasteiger partial charge in [0.05, 0.1) is 10.7 Å². The molecule has 0 radical (unpaired) electrons. The minimum Gasteiger partial charge on any atom is -0.507 e. The van der Waals surface area contributed by atoms with Gasteiger partial charge in [-0.1, -0.05) is 48.3 Å². The maximum Gasteiger partial charge on any atom is 0.342 e. The zero-order valence-electron chi connectivity index (χ0n) is 16.9. The number of allylic oxidation sites excluding steroid dienone is 3. The molecular formula is C22H28ClNO5. The van der Waals surface area contributed by atoms with Crippen LogP contribution in [0.4, 0.5) is 0 Å². The fourth-order valence-electron chi connectivity index (χ4n) is 2.83. The number of hydrogen-bond acceptors (Lipinski definition) is 6. The fraction of sp³-hybridized carbons (Fsp3) is 0.455. The van der Waals surface area contributed by atoms with Crippen LogP contribution < -0.4 is 0 Å². The summed E-state index contributed by atoms with van der Waals surface area (Å²) in [5, 5.41) is 24.5. The van der Waals surface area contributed by atoms with E-state index < -0.39 is 11.7 Å². The topological polar surface area (TPSA) is 88.4 Å². The van der Waals surface area contributed by atoms with Crippen molar-refractivity contribution in [3.63, 3.8) is 0 Å². The molecule has 0 fully saturated rings. The van der Waals surface area contributed by atoms with Crippen LogP contribution >= 0.6 is 11.6 Å². The van der Waals surface area contributed by atoms with E-state index in [9.17, 15) is 15.0 Å². The third-order valence-electron chi connectivity index (χ3n) is 4.41. The van der Waals surface area contributed by atoms with E-state index in [4.69, 9.17) is 21.2 Å². The zero-order valence-corrected chi connectivity index (χ0v) is 17.6. The first-order valence-corrected chi connectivity index (χ1v) is 10.3. The van der Waals surface area contributed by atoms with Gasteiger partial charge in [0.2, 0.25) is 0 Å². The monoisotopic (exact) mass is 421 g/mol. The number of benzene rings is 1. The number of halogens is 1. The number of carbonyl (C=O) groups excluding carboxylic acids is 1. The number of phenolic OH excluding ortho intramolecular Hbond substituents is 2. The Morgan fingerprint density at radius 2 is 2.00 bits per heavy atom. The third-order valence-corrected chi connectivity index (χ3v) is 4.83. The number of hydrogen-bond donors (Lipinski definition) is 2. The minimum absolute atomic E-state index is 0.0240. The minimum atomic E-state index is -0.701. The van der Waals surface area contributed by atoms with Crippen LogP contribution in [-0.2, 0) is 16.0 Å². The number of aromatic hydroxyl groups is 2. The van der Waals surface area contributed by atoms with Gasteiger partial charge in [0.15, 0.2) is 0 Å². The number of phenols is 2. The van der Waals surface area contributed by atoms with E-state index in [0.717, 1.165) is 31.7 Å². The SMILES string of the molecule is CCCCO/N=C1/C=C/CC/C=C/C[C@@H](C)OC(=O)c2c(O)cc(O)c(Cl)c2C1. The first-order chi connectivity index (χ1) is 13.9. The molecule has 158 valence electrons. The second kappa shape index (κ2) is 11.5. The molecule has 7 heteroatoms. The van der Waals surface area contributed by atoms with Crippen molar-refractivity contribution in [2.75, 3.05) is 6.61 Å². The summed E-state index contributed by atoms with van der Waals surface area (Å²) in [6, 6.07) is 1.04. The molecule has 2 N–H and O–H groups in total. The Morgan fingerprint density at radius 1 is 1.24 bits per heavy atom. The van der Waals surface area contributed by atoms with Crippen LogP contribution in [-0.4, -0.2) is 34.6 Å². The van der Waals surface area contributed by atoms with Crippen molar-refractivity contribution in [2.45, 2.75) is 58.5 Å². The highest BCUT2D eigenvalue weighted by atomic mass is 35.5. The number of esters is 1. The van der Waals surface area contributed by atoms with Gasteiger partial charge in [0.25, 0.3) is 0 Å². The molecule has 0 saturated carbocycles. The summed E-state index contributed by atoms with van der Waals surface area (Å²) in [5.41, 5.74) is 0.697. The van der Waals surface area contributed by atoms with Gasteiger partial charge in [-0.3, -0.25) is 0 Å². The molecule has 1 aliphatic heterocycles. The highest BCUT2D eigenvalue weighted by Crippen LogP contribution is 2.37. The van der Waals surface area contributed by atoms with Crippen molar-refractivity contribution in [1.29, 1.82) is 0 Å². The number of ether oxygens (including phenoxy) is 1. The molecule has 6 nitrogen and oxygen atoms in total. The quantitative estimate of drug-likeness (QED) is 0.297. The van der Waals surface area contributed by atoms with Crippen molar-refractivity contribution in [2.24, 2.45) is 5.16 Å². The van der Waals surface area contributed by atoms with Crippen molar-refractivity contribution in [3.8, 4) is 11.5 Å².